The molecule has 3 rings (SSSR count). The van der Waals surface area contributed by atoms with Crippen molar-refractivity contribution in [1.29, 1.82) is 0 Å². The fourth-order valence-electron chi connectivity index (χ4n) is 2.41. The maximum absolute atomic E-state index is 13.2. The number of benzene rings is 1. The zero-order valence-electron chi connectivity index (χ0n) is 16.1. The molecule has 0 aliphatic carbocycles. The molecule has 0 fully saturated rings. The summed E-state index contributed by atoms with van der Waals surface area (Å²) in [7, 11) is 0. The van der Waals surface area contributed by atoms with E-state index in [9.17, 15) is 18.0 Å². The Balaban J connectivity index is 1.75. The quantitative estimate of drug-likeness (QED) is 0.462. The highest BCUT2D eigenvalue weighted by molar-refractivity contribution is 5.84. The molecule has 1 N–H and O–H groups in total. The van der Waals surface area contributed by atoms with Gasteiger partial charge in [0.05, 0.1) is 11.7 Å². The van der Waals surface area contributed by atoms with Crippen LogP contribution < -0.4 is 4.74 Å². The summed E-state index contributed by atoms with van der Waals surface area (Å²) in [5, 5.41) is 4.08. The first-order chi connectivity index (χ1) is 14.2. The first kappa shape index (κ1) is 21.1. The number of nitrogens with one attached hydrogen (secondary N) is 1. The summed E-state index contributed by atoms with van der Waals surface area (Å²) in [5.74, 6) is -0.0505. The molecule has 11 heteroatoms. The number of alkyl halides is 3. The number of H-pyrrole nitrogens is 1. The zero-order valence-corrected chi connectivity index (χ0v) is 16.1. The number of ether oxygens (including phenoxy) is 2. The van der Waals surface area contributed by atoms with Crippen LogP contribution in [0, 0.1) is 0 Å². The number of carbonyl (C=O) groups is 1. The number of nitrogens with zero attached hydrogens (tertiary/aromatic N) is 4. The minimum absolute atomic E-state index is 0.0261. The Morgan fingerprint density at radius 3 is 2.73 bits per heavy atom. The smallest absolute Gasteiger partial charge is 0.416 e. The van der Waals surface area contributed by atoms with Crippen molar-refractivity contribution in [3.05, 3.63) is 54.4 Å². The van der Waals surface area contributed by atoms with E-state index in [1.807, 2.05) is 0 Å². The first-order valence-corrected chi connectivity index (χ1v) is 8.84. The molecule has 0 spiro atoms. The molecule has 0 amide bonds. The third-order valence-electron chi connectivity index (χ3n) is 3.64. The highest BCUT2D eigenvalue weighted by Crippen LogP contribution is 2.35. The number of carbonyl (C=O) groups excluding carboxylic acids is 1. The van der Waals surface area contributed by atoms with Gasteiger partial charge in [-0.15, -0.1) is 5.10 Å². The molecule has 0 saturated carbocycles. The van der Waals surface area contributed by atoms with E-state index < -0.39 is 17.7 Å². The number of hydrogen-bond acceptors (Lipinski definition) is 6. The fraction of sp³-hybridized carbons (Fsp3) is 0.263. The Hall–Kier alpha value is -3.63. The van der Waals surface area contributed by atoms with Crippen LogP contribution in [0.25, 0.3) is 17.6 Å². The molecule has 158 valence electrons. The Morgan fingerprint density at radius 2 is 2.07 bits per heavy atom. The zero-order chi connectivity index (χ0) is 21.7. The highest BCUT2D eigenvalue weighted by atomic mass is 19.4. The van der Waals surface area contributed by atoms with Crippen molar-refractivity contribution in [1.82, 2.24) is 24.7 Å². The Morgan fingerprint density at radius 1 is 1.27 bits per heavy atom. The molecule has 2 aromatic heterocycles. The third-order valence-corrected chi connectivity index (χ3v) is 3.64. The van der Waals surface area contributed by atoms with E-state index >= 15 is 0 Å². The van der Waals surface area contributed by atoms with Crippen molar-refractivity contribution in [3.63, 3.8) is 0 Å². The van der Waals surface area contributed by atoms with Crippen LogP contribution in [0.5, 0.6) is 5.75 Å². The van der Waals surface area contributed by atoms with Crippen LogP contribution in [0.3, 0.4) is 0 Å². The van der Waals surface area contributed by atoms with Crippen molar-refractivity contribution in [2.75, 3.05) is 0 Å². The van der Waals surface area contributed by atoms with Gasteiger partial charge < -0.3 is 14.5 Å². The number of aromatic nitrogens is 5. The fourth-order valence-corrected chi connectivity index (χ4v) is 2.41. The van der Waals surface area contributed by atoms with Gasteiger partial charge >= 0.3 is 12.1 Å². The molecular formula is C19H18F3N5O3. The van der Waals surface area contributed by atoms with Gasteiger partial charge in [0.25, 0.3) is 0 Å². The van der Waals surface area contributed by atoms with Crippen LogP contribution in [0.15, 0.2) is 43.0 Å². The monoisotopic (exact) mass is 421 g/mol. The first-order valence-electron chi connectivity index (χ1n) is 8.84. The number of esters is 1. The second kappa shape index (κ2) is 8.80. The van der Waals surface area contributed by atoms with Crippen molar-refractivity contribution in [3.8, 4) is 17.1 Å². The Bertz CT molecular complexity index is 1030. The van der Waals surface area contributed by atoms with Crippen molar-refractivity contribution < 1.29 is 27.4 Å². The molecule has 0 saturated heterocycles. The molecule has 2 heterocycles. The van der Waals surface area contributed by atoms with E-state index in [0.29, 0.717) is 5.82 Å². The number of halogens is 3. The van der Waals surface area contributed by atoms with Gasteiger partial charge in [-0.25, -0.2) is 19.4 Å². The topological polar surface area (TPSA) is 94.9 Å². The van der Waals surface area contributed by atoms with E-state index in [4.69, 9.17) is 9.47 Å². The lowest BCUT2D eigenvalue weighted by Gasteiger charge is -2.14. The normalized spacial score (nSPS) is 11.9. The Labute approximate surface area is 169 Å². The average Bonchev–Trinajstić information content (AvgIpc) is 3.35. The molecule has 0 unspecified atom stereocenters. The molecule has 8 nitrogen and oxygen atoms in total. The van der Waals surface area contributed by atoms with Gasteiger partial charge in [0, 0.05) is 30.2 Å². The summed E-state index contributed by atoms with van der Waals surface area (Å²) in [4.78, 5) is 22.4. The number of hydrogen-bond donors (Lipinski definition) is 1. The standard InChI is InChI=1S/C19H18F3N5O3/c1-12(2)30-15-8-13(7-14(9-15)19(20,21)22)18-25-11-27(26-18)6-3-17(28)29-10-16-23-4-5-24-16/h3-9,11-12H,10H2,1-2H3,(H,23,24)/b6-3+. The van der Waals surface area contributed by atoms with E-state index in [2.05, 4.69) is 20.1 Å². The van der Waals surface area contributed by atoms with Gasteiger partial charge in [-0.3, -0.25) is 0 Å². The summed E-state index contributed by atoms with van der Waals surface area (Å²) in [6.45, 7) is 3.40. The number of rotatable bonds is 7. The minimum Gasteiger partial charge on any atom is -0.491 e. The van der Waals surface area contributed by atoms with E-state index in [-0.39, 0.29) is 29.8 Å². The number of aromatic amines is 1. The second-order valence-electron chi connectivity index (χ2n) is 6.42. The largest absolute Gasteiger partial charge is 0.491 e. The minimum atomic E-state index is -4.55. The van der Waals surface area contributed by atoms with Gasteiger partial charge in [0.2, 0.25) is 0 Å². The molecule has 0 radical (unpaired) electrons. The lowest BCUT2D eigenvalue weighted by Crippen LogP contribution is -2.09. The predicted octanol–water partition coefficient (Wildman–Crippen LogP) is 3.69. The van der Waals surface area contributed by atoms with Crippen LogP contribution in [0.4, 0.5) is 13.2 Å². The van der Waals surface area contributed by atoms with Gasteiger partial charge in [-0.2, -0.15) is 13.2 Å². The maximum atomic E-state index is 13.2. The molecule has 0 atom stereocenters. The molecule has 0 bridgehead atoms. The SMILES string of the molecule is CC(C)Oc1cc(-c2ncn(/C=C/C(=O)OCc3ncc[nH]3)n2)cc(C(F)(F)F)c1. The maximum Gasteiger partial charge on any atom is 0.416 e. The summed E-state index contributed by atoms with van der Waals surface area (Å²) >= 11 is 0. The molecule has 30 heavy (non-hydrogen) atoms. The third kappa shape index (κ3) is 5.69. The van der Waals surface area contributed by atoms with Gasteiger partial charge in [0.15, 0.2) is 5.82 Å². The van der Waals surface area contributed by atoms with Crippen molar-refractivity contribution in [2.24, 2.45) is 0 Å². The van der Waals surface area contributed by atoms with E-state index in [0.717, 1.165) is 18.2 Å². The predicted molar refractivity (Wildman–Crippen MR) is 99.9 cm³/mol. The van der Waals surface area contributed by atoms with Crippen LogP contribution >= 0.6 is 0 Å². The molecule has 3 aromatic rings. The van der Waals surface area contributed by atoms with Crippen molar-refractivity contribution in [2.45, 2.75) is 32.7 Å². The molecule has 0 aliphatic heterocycles. The molecule has 1 aromatic carbocycles. The summed E-state index contributed by atoms with van der Waals surface area (Å²) in [5.41, 5.74) is -0.739. The van der Waals surface area contributed by atoms with E-state index in [1.54, 1.807) is 20.0 Å². The van der Waals surface area contributed by atoms with Gasteiger partial charge in [-0.05, 0) is 32.0 Å². The van der Waals surface area contributed by atoms with Crippen molar-refractivity contribution >= 4 is 12.2 Å². The average molecular weight is 421 g/mol. The highest BCUT2D eigenvalue weighted by Gasteiger charge is 2.32. The van der Waals surface area contributed by atoms with Crippen LogP contribution in [-0.4, -0.2) is 36.8 Å². The van der Waals surface area contributed by atoms with Crippen LogP contribution in [-0.2, 0) is 22.3 Å². The van der Waals surface area contributed by atoms with Crippen LogP contribution in [0.2, 0.25) is 0 Å². The number of imidazole rings is 1. The lowest BCUT2D eigenvalue weighted by atomic mass is 10.1. The van der Waals surface area contributed by atoms with Gasteiger partial charge in [-0.1, -0.05) is 0 Å². The molecular weight excluding hydrogens is 403 g/mol. The van der Waals surface area contributed by atoms with Gasteiger partial charge in [0.1, 0.15) is 24.5 Å². The summed E-state index contributed by atoms with van der Waals surface area (Å²) < 4.78 is 51.2. The second-order valence-corrected chi connectivity index (χ2v) is 6.42. The van der Waals surface area contributed by atoms with E-state index in [1.165, 1.54) is 29.5 Å². The summed E-state index contributed by atoms with van der Waals surface area (Å²) in [6.07, 6.45) is 1.92. The Kier molecular flexibility index (Phi) is 6.19. The van der Waals surface area contributed by atoms with Crippen LogP contribution in [0.1, 0.15) is 25.2 Å². The summed E-state index contributed by atoms with van der Waals surface area (Å²) in [6, 6.07) is 3.29. The lowest BCUT2D eigenvalue weighted by molar-refractivity contribution is -0.139. The molecule has 0 aliphatic rings.